The van der Waals surface area contributed by atoms with Crippen LogP contribution in [0, 0.1) is 6.92 Å². The summed E-state index contributed by atoms with van der Waals surface area (Å²) < 4.78 is 15.1. The minimum Gasteiger partial charge on any atom is -0.394 e. The maximum absolute atomic E-state index is 13.5. The molecule has 0 aromatic carbocycles. The molecule has 7 heteroatoms. The SMILES string of the molecule is Cc1nn(C)c2ncc(C(=O)N3C[C@@H](F)C[C@H]3CO)cc12. The second-order valence-electron chi connectivity index (χ2n) is 5.43. The third kappa shape index (κ3) is 2.27. The molecule has 0 bridgehead atoms. The molecule has 1 fully saturated rings. The lowest BCUT2D eigenvalue weighted by molar-refractivity contribution is 0.0672. The predicted octanol–water partition coefficient (Wildman–Crippen LogP) is 0.822. The summed E-state index contributed by atoms with van der Waals surface area (Å²) in [7, 11) is 1.79. The van der Waals surface area contributed by atoms with Gasteiger partial charge in [-0.25, -0.2) is 9.37 Å². The third-order valence-electron chi connectivity index (χ3n) is 3.94. The van der Waals surface area contributed by atoms with Crippen LogP contribution < -0.4 is 0 Å². The lowest BCUT2D eigenvalue weighted by Crippen LogP contribution is -2.37. The van der Waals surface area contributed by atoms with Crippen LogP contribution in [0.2, 0.25) is 0 Å². The summed E-state index contributed by atoms with van der Waals surface area (Å²) in [6, 6.07) is 1.27. The second-order valence-corrected chi connectivity index (χ2v) is 5.43. The van der Waals surface area contributed by atoms with Gasteiger partial charge >= 0.3 is 0 Å². The first kappa shape index (κ1) is 13.9. The zero-order valence-electron chi connectivity index (χ0n) is 12.0. The van der Waals surface area contributed by atoms with Gasteiger partial charge in [-0.2, -0.15) is 5.10 Å². The number of fused-ring (bicyclic) bond motifs is 1. The fraction of sp³-hybridized carbons (Fsp3) is 0.500. The van der Waals surface area contributed by atoms with Crippen molar-refractivity contribution in [1.29, 1.82) is 0 Å². The number of aliphatic hydroxyl groups excluding tert-OH is 1. The second kappa shape index (κ2) is 5.07. The van der Waals surface area contributed by atoms with Crippen molar-refractivity contribution in [1.82, 2.24) is 19.7 Å². The molecule has 1 N–H and O–H groups in total. The first-order valence-electron chi connectivity index (χ1n) is 6.86. The highest BCUT2D eigenvalue weighted by Crippen LogP contribution is 2.24. The molecule has 1 aliphatic heterocycles. The Bertz CT molecular complexity index is 700. The molecule has 0 spiro atoms. The molecule has 0 aliphatic carbocycles. The normalized spacial score (nSPS) is 22.2. The highest BCUT2D eigenvalue weighted by atomic mass is 19.1. The zero-order chi connectivity index (χ0) is 15.1. The number of aryl methyl sites for hydroxylation is 2. The van der Waals surface area contributed by atoms with Gasteiger partial charge in [-0.3, -0.25) is 9.48 Å². The molecule has 1 amide bonds. The predicted molar refractivity (Wildman–Crippen MR) is 74.7 cm³/mol. The van der Waals surface area contributed by atoms with Crippen molar-refractivity contribution < 1.29 is 14.3 Å². The van der Waals surface area contributed by atoms with Crippen molar-refractivity contribution in [3.05, 3.63) is 23.5 Å². The minimum absolute atomic E-state index is 0.0219. The van der Waals surface area contributed by atoms with Gasteiger partial charge in [-0.05, 0) is 13.0 Å². The van der Waals surface area contributed by atoms with Crippen molar-refractivity contribution in [3.63, 3.8) is 0 Å². The highest BCUT2D eigenvalue weighted by Gasteiger charge is 2.35. The van der Waals surface area contributed by atoms with Crippen LogP contribution in [-0.4, -0.2) is 56.0 Å². The Morgan fingerprint density at radius 2 is 2.33 bits per heavy atom. The van der Waals surface area contributed by atoms with E-state index in [1.807, 2.05) is 6.92 Å². The first-order chi connectivity index (χ1) is 10.0. The summed E-state index contributed by atoms with van der Waals surface area (Å²) in [4.78, 5) is 18.2. The standard InChI is InChI=1S/C14H17FN4O2/c1-8-12-3-9(5-16-13(12)18(2)17-8)14(21)19-6-10(15)4-11(19)7-20/h3,5,10-11,20H,4,6-7H2,1-2H3/t10-,11-/m0/s1. The van der Waals surface area contributed by atoms with Crippen molar-refractivity contribution in [2.24, 2.45) is 7.05 Å². The van der Waals surface area contributed by atoms with Crippen LogP contribution in [0.25, 0.3) is 11.0 Å². The van der Waals surface area contributed by atoms with Gasteiger partial charge in [-0.15, -0.1) is 0 Å². The average molecular weight is 292 g/mol. The topological polar surface area (TPSA) is 71.2 Å². The molecule has 1 aliphatic rings. The van der Waals surface area contributed by atoms with E-state index in [4.69, 9.17) is 0 Å². The highest BCUT2D eigenvalue weighted by molar-refractivity contribution is 5.97. The quantitative estimate of drug-likeness (QED) is 0.889. The van der Waals surface area contributed by atoms with E-state index in [0.717, 1.165) is 11.1 Å². The van der Waals surface area contributed by atoms with Gasteiger partial charge in [-0.1, -0.05) is 0 Å². The molecule has 1 saturated heterocycles. The summed E-state index contributed by atoms with van der Waals surface area (Å²) in [6.45, 7) is 1.64. The molecule has 112 valence electrons. The Balaban J connectivity index is 1.96. The van der Waals surface area contributed by atoms with E-state index in [0.29, 0.717) is 11.2 Å². The van der Waals surface area contributed by atoms with Gasteiger partial charge in [0.05, 0.1) is 30.5 Å². The maximum Gasteiger partial charge on any atom is 0.255 e. The molecule has 2 aromatic heterocycles. The Hall–Kier alpha value is -2.02. The van der Waals surface area contributed by atoms with Crippen molar-refractivity contribution >= 4 is 16.9 Å². The van der Waals surface area contributed by atoms with Crippen LogP contribution in [-0.2, 0) is 7.05 Å². The van der Waals surface area contributed by atoms with Gasteiger partial charge in [0.1, 0.15) is 6.17 Å². The Labute approximate surface area is 121 Å². The number of likely N-dealkylation sites (tertiary alicyclic amines) is 1. The Kier molecular flexibility index (Phi) is 3.36. The number of aromatic nitrogens is 3. The molecular weight excluding hydrogens is 275 g/mol. The van der Waals surface area contributed by atoms with E-state index in [2.05, 4.69) is 10.1 Å². The van der Waals surface area contributed by atoms with E-state index >= 15 is 0 Å². The molecule has 3 rings (SSSR count). The molecule has 0 unspecified atom stereocenters. The van der Waals surface area contributed by atoms with Crippen LogP contribution in [0.15, 0.2) is 12.3 Å². The summed E-state index contributed by atoms with van der Waals surface area (Å²) in [5.74, 6) is -0.299. The largest absolute Gasteiger partial charge is 0.394 e. The van der Waals surface area contributed by atoms with Crippen LogP contribution in [0.1, 0.15) is 22.5 Å². The third-order valence-corrected chi connectivity index (χ3v) is 3.94. The van der Waals surface area contributed by atoms with E-state index < -0.39 is 12.2 Å². The van der Waals surface area contributed by atoms with Crippen molar-refractivity contribution in [2.75, 3.05) is 13.2 Å². The number of hydrogen-bond acceptors (Lipinski definition) is 4. The van der Waals surface area contributed by atoms with Gasteiger partial charge in [0.25, 0.3) is 5.91 Å². The molecule has 0 saturated carbocycles. The fourth-order valence-electron chi connectivity index (χ4n) is 2.87. The Morgan fingerprint density at radius 1 is 1.57 bits per heavy atom. The Morgan fingerprint density at radius 3 is 3.05 bits per heavy atom. The smallest absolute Gasteiger partial charge is 0.255 e. The van der Waals surface area contributed by atoms with E-state index in [1.165, 1.54) is 11.1 Å². The number of amides is 1. The number of carbonyl (C=O) groups is 1. The average Bonchev–Trinajstić information content (AvgIpc) is 2.98. The lowest BCUT2D eigenvalue weighted by Gasteiger charge is -2.22. The molecule has 0 radical (unpaired) electrons. The van der Waals surface area contributed by atoms with Crippen LogP contribution in [0.4, 0.5) is 4.39 Å². The van der Waals surface area contributed by atoms with E-state index in [9.17, 15) is 14.3 Å². The van der Waals surface area contributed by atoms with Crippen LogP contribution in [0.5, 0.6) is 0 Å². The number of rotatable bonds is 2. The van der Waals surface area contributed by atoms with Crippen molar-refractivity contribution in [3.8, 4) is 0 Å². The maximum atomic E-state index is 13.5. The lowest BCUT2D eigenvalue weighted by atomic mass is 10.1. The van der Waals surface area contributed by atoms with Crippen molar-refractivity contribution in [2.45, 2.75) is 25.6 Å². The number of alkyl halides is 1. The summed E-state index contributed by atoms with van der Waals surface area (Å²) in [5.41, 5.74) is 1.89. The first-order valence-corrected chi connectivity index (χ1v) is 6.86. The number of pyridine rings is 1. The monoisotopic (exact) mass is 292 g/mol. The fourth-order valence-corrected chi connectivity index (χ4v) is 2.87. The van der Waals surface area contributed by atoms with Gasteiger partial charge < -0.3 is 10.0 Å². The van der Waals surface area contributed by atoms with Gasteiger partial charge in [0, 0.05) is 25.1 Å². The molecule has 6 nitrogen and oxygen atoms in total. The van der Waals surface area contributed by atoms with Crippen LogP contribution >= 0.6 is 0 Å². The number of nitrogens with zero attached hydrogens (tertiary/aromatic N) is 4. The summed E-state index contributed by atoms with van der Waals surface area (Å²) in [5, 5.41) is 14.3. The van der Waals surface area contributed by atoms with Crippen LogP contribution in [0.3, 0.4) is 0 Å². The number of hydrogen-bond donors (Lipinski definition) is 1. The molecule has 2 atom stereocenters. The summed E-state index contributed by atoms with van der Waals surface area (Å²) >= 11 is 0. The number of carbonyl (C=O) groups excluding carboxylic acids is 1. The minimum atomic E-state index is -1.08. The molecule has 3 heterocycles. The summed E-state index contributed by atoms with van der Waals surface area (Å²) in [6.07, 6.45) is 0.582. The number of aliphatic hydroxyl groups is 1. The molecule has 21 heavy (non-hydrogen) atoms. The van der Waals surface area contributed by atoms with E-state index in [1.54, 1.807) is 17.8 Å². The van der Waals surface area contributed by atoms with Gasteiger partial charge in [0.15, 0.2) is 5.65 Å². The van der Waals surface area contributed by atoms with Gasteiger partial charge in [0.2, 0.25) is 0 Å². The van der Waals surface area contributed by atoms with E-state index in [-0.39, 0.29) is 25.5 Å². The molecule has 2 aromatic rings. The molecular formula is C14H17FN4O2. The number of halogens is 1. The zero-order valence-corrected chi connectivity index (χ0v) is 12.0.